The van der Waals surface area contributed by atoms with Crippen LogP contribution in [0.1, 0.15) is 40.0 Å². The topological polar surface area (TPSA) is 84.6 Å². The normalized spacial score (nSPS) is 18.5. The van der Waals surface area contributed by atoms with Gasteiger partial charge >= 0.3 is 6.03 Å². The van der Waals surface area contributed by atoms with Crippen LogP contribution >= 0.6 is 0 Å². The van der Waals surface area contributed by atoms with E-state index in [1.54, 1.807) is 48.7 Å². The Labute approximate surface area is 178 Å². The molecule has 1 aromatic carbocycles. The van der Waals surface area contributed by atoms with Crippen LogP contribution in [0.5, 0.6) is 0 Å². The Bertz CT molecular complexity index is 1210. The van der Waals surface area contributed by atoms with Gasteiger partial charge in [0.05, 0.1) is 12.8 Å². The van der Waals surface area contributed by atoms with Gasteiger partial charge in [-0.05, 0) is 63.6 Å². The summed E-state index contributed by atoms with van der Waals surface area (Å²) in [5, 5.41) is 2.60. The van der Waals surface area contributed by atoms with Gasteiger partial charge in [0.15, 0.2) is 11.3 Å². The predicted octanol–water partition coefficient (Wildman–Crippen LogP) is 3.78. The molecule has 8 heteroatoms. The van der Waals surface area contributed by atoms with Gasteiger partial charge in [0, 0.05) is 22.6 Å². The number of nitrogens with one attached hydrogen (secondary N) is 1. The molecule has 1 atom stereocenters. The molecule has 1 aliphatic heterocycles. The fraction of sp³-hybridized carbons (Fsp3) is 0.261. The molecule has 31 heavy (non-hydrogen) atoms. The van der Waals surface area contributed by atoms with E-state index in [1.807, 2.05) is 6.92 Å². The molecular weight excluding hydrogens is 401 g/mol. The molecule has 1 aliphatic rings. The third kappa shape index (κ3) is 3.24. The molecule has 7 nitrogen and oxygen atoms in total. The van der Waals surface area contributed by atoms with E-state index in [0.717, 1.165) is 10.6 Å². The summed E-state index contributed by atoms with van der Waals surface area (Å²) in [6, 6.07) is 9.10. The Kier molecular flexibility index (Phi) is 4.80. The Morgan fingerprint density at radius 1 is 1.16 bits per heavy atom. The van der Waals surface area contributed by atoms with Gasteiger partial charge in [0.25, 0.3) is 5.91 Å². The Hall–Kier alpha value is -3.68. The van der Waals surface area contributed by atoms with Gasteiger partial charge in [0.2, 0.25) is 0 Å². The minimum atomic E-state index is -1.36. The van der Waals surface area contributed by atoms with Crippen molar-refractivity contribution >= 4 is 17.7 Å². The molecule has 0 saturated carbocycles. The fourth-order valence-electron chi connectivity index (χ4n) is 3.96. The first-order valence-electron chi connectivity index (χ1n) is 9.80. The minimum absolute atomic E-state index is 0.292. The fourth-order valence-corrected chi connectivity index (χ4v) is 3.96. The van der Waals surface area contributed by atoms with Crippen LogP contribution < -0.4 is 5.32 Å². The number of urea groups is 1. The summed E-state index contributed by atoms with van der Waals surface area (Å²) in [5.41, 5.74) is 1.47. The zero-order valence-corrected chi connectivity index (χ0v) is 17.7. The number of ketones is 1. The van der Waals surface area contributed by atoms with Gasteiger partial charge < -0.3 is 14.3 Å². The van der Waals surface area contributed by atoms with Crippen molar-refractivity contribution in [2.75, 3.05) is 6.54 Å². The highest BCUT2D eigenvalue weighted by Gasteiger charge is 2.51. The maximum atomic E-state index is 14.1. The van der Waals surface area contributed by atoms with Gasteiger partial charge in [-0.2, -0.15) is 0 Å². The number of furan rings is 1. The first kappa shape index (κ1) is 20.6. The number of imide groups is 1. The van der Waals surface area contributed by atoms with Gasteiger partial charge in [0.1, 0.15) is 11.6 Å². The smallest absolute Gasteiger partial charge is 0.325 e. The summed E-state index contributed by atoms with van der Waals surface area (Å²) in [5.74, 6) is -0.996. The molecule has 1 unspecified atom stereocenters. The van der Waals surface area contributed by atoms with Crippen LogP contribution in [0.2, 0.25) is 0 Å². The number of amides is 3. The SMILES string of the molecule is Cc1ccc(-n2c(C)cc(C(=O)CN3C(=O)NC(C)(c4ccco4)C3=O)c2C)cc1F. The third-order valence-electron chi connectivity index (χ3n) is 5.74. The lowest BCUT2D eigenvalue weighted by Crippen LogP contribution is -2.41. The zero-order chi connectivity index (χ0) is 22.5. The molecule has 2 aromatic heterocycles. The van der Waals surface area contributed by atoms with Crippen LogP contribution in [0.15, 0.2) is 47.1 Å². The molecule has 3 amide bonds. The highest BCUT2D eigenvalue weighted by molar-refractivity contribution is 6.11. The van der Waals surface area contributed by atoms with Crippen LogP contribution in [0.25, 0.3) is 5.69 Å². The molecule has 0 radical (unpaired) electrons. The molecule has 1 saturated heterocycles. The van der Waals surface area contributed by atoms with Crippen LogP contribution in [-0.2, 0) is 10.3 Å². The van der Waals surface area contributed by atoms with Gasteiger partial charge in [-0.1, -0.05) is 6.07 Å². The summed E-state index contributed by atoms with van der Waals surface area (Å²) in [6.45, 7) is 6.36. The van der Waals surface area contributed by atoms with Gasteiger partial charge in [-0.25, -0.2) is 9.18 Å². The van der Waals surface area contributed by atoms with E-state index < -0.39 is 24.0 Å². The van der Waals surface area contributed by atoms with Crippen molar-refractivity contribution in [2.24, 2.45) is 0 Å². The highest BCUT2D eigenvalue weighted by Crippen LogP contribution is 2.30. The van der Waals surface area contributed by atoms with E-state index in [2.05, 4.69) is 5.32 Å². The second-order valence-electron chi connectivity index (χ2n) is 7.90. The highest BCUT2D eigenvalue weighted by atomic mass is 19.1. The number of halogens is 1. The predicted molar refractivity (Wildman–Crippen MR) is 111 cm³/mol. The number of carbonyl (C=O) groups is 3. The Balaban J connectivity index is 1.62. The van der Waals surface area contributed by atoms with E-state index in [1.165, 1.54) is 19.3 Å². The lowest BCUT2D eigenvalue weighted by Gasteiger charge is -2.18. The monoisotopic (exact) mass is 423 g/mol. The molecule has 3 aromatic rings. The number of aryl methyl sites for hydroxylation is 2. The van der Waals surface area contributed by atoms with Crippen LogP contribution in [0.3, 0.4) is 0 Å². The maximum Gasteiger partial charge on any atom is 0.325 e. The molecule has 0 bridgehead atoms. The number of hydrogen-bond donors (Lipinski definition) is 1. The minimum Gasteiger partial charge on any atom is -0.466 e. The van der Waals surface area contributed by atoms with Crippen molar-refractivity contribution in [1.82, 2.24) is 14.8 Å². The molecule has 0 aliphatic carbocycles. The summed E-state index contributed by atoms with van der Waals surface area (Å²) < 4.78 is 21.1. The first-order valence-corrected chi connectivity index (χ1v) is 9.80. The molecule has 3 heterocycles. The lowest BCUT2D eigenvalue weighted by molar-refractivity contribution is -0.131. The van der Waals surface area contributed by atoms with Crippen molar-refractivity contribution in [2.45, 2.75) is 33.2 Å². The number of hydrogen-bond acceptors (Lipinski definition) is 4. The number of benzene rings is 1. The average molecular weight is 423 g/mol. The van der Waals surface area contributed by atoms with Crippen molar-refractivity contribution < 1.29 is 23.2 Å². The van der Waals surface area contributed by atoms with E-state index in [-0.39, 0.29) is 11.6 Å². The molecule has 1 N–H and O–H groups in total. The molecular formula is C23H22FN3O4. The second-order valence-corrected chi connectivity index (χ2v) is 7.90. The number of Topliss-reactive ketones (excluding diaryl/α,β-unsaturated/α-hetero) is 1. The van der Waals surface area contributed by atoms with Crippen LogP contribution in [0.4, 0.5) is 9.18 Å². The third-order valence-corrected chi connectivity index (χ3v) is 5.74. The van der Waals surface area contributed by atoms with Crippen molar-refractivity contribution in [3.05, 3.63) is 76.8 Å². The number of carbonyl (C=O) groups excluding carboxylic acids is 3. The zero-order valence-electron chi connectivity index (χ0n) is 17.7. The van der Waals surface area contributed by atoms with E-state index in [9.17, 15) is 18.8 Å². The number of rotatable bonds is 5. The van der Waals surface area contributed by atoms with E-state index >= 15 is 0 Å². The Morgan fingerprint density at radius 2 is 1.90 bits per heavy atom. The number of nitrogens with zero attached hydrogens (tertiary/aromatic N) is 2. The summed E-state index contributed by atoms with van der Waals surface area (Å²) in [4.78, 5) is 39.3. The molecule has 4 rings (SSSR count). The number of aromatic nitrogens is 1. The van der Waals surface area contributed by atoms with Crippen molar-refractivity contribution in [3.63, 3.8) is 0 Å². The van der Waals surface area contributed by atoms with Crippen molar-refractivity contribution in [1.29, 1.82) is 0 Å². The van der Waals surface area contributed by atoms with E-state index in [0.29, 0.717) is 28.3 Å². The molecule has 0 spiro atoms. The Morgan fingerprint density at radius 3 is 2.55 bits per heavy atom. The summed E-state index contributed by atoms with van der Waals surface area (Å²) in [7, 11) is 0. The average Bonchev–Trinajstić information content (AvgIpc) is 3.40. The summed E-state index contributed by atoms with van der Waals surface area (Å²) >= 11 is 0. The largest absolute Gasteiger partial charge is 0.466 e. The van der Waals surface area contributed by atoms with Crippen LogP contribution in [0, 0.1) is 26.6 Å². The quantitative estimate of drug-likeness (QED) is 0.500. The standard InChI is InChI=1S/C23H22FN3O4/c1-13-7-8-16(11-18(13)24)27-14(2)10-17(15(27)3)19(28)12-26-21(29)23(4,25-22(26)30)20-6-5-9-31-20/h5-11H,12H2,1-4H3,(H,25,30). The first-order chi connectivity index (χ1) is 14.6. The maximum absolute atomic E-state index is 14.1. The molecule has 160 valence electrons. The van der Waals surface area contributed by atoms with Gasteiger partial charge in [-0.3, -0.25) is 14.5 Å². The molecule has 1 fully saturated rings. The van der Waals surface area contributed by atoms with E-state index in [4.69, 9.17) is 4.42 Å². The van der Waals surface area contributed by atoms with Gasteiger partial charge in [-0.15, -0.1) is 0 Å². The summed E-state index contributed by atoms with van der Waals surface area (Å²) in [6.07, 6.45) is 1.41. The second kappa shape index (κ2) is 7.23. The lowest BCUT2D eigenvalue weighted by atomic mass is 9.99. The van der Waals surface area contributed by atoms with Crippen molar-refractivity contribution in [3.8, 4) is 5.69 Å². The van der Waals surface area contributed by atoms with Crippen LogP contribution in [-0.4, -0.2) is 33.7 Å².